The predicted molar refractivity (Wildman–Crippen MR) is 66.6 cm³/mol. The second kappa shape index (κ2) is 4.93. The molecule has 0 aliphatic heterocycles. The topological polar surface area (TPSA) is 59.3 Å². The molecule has 1 N–H and O–H groups in total. The Bertz CT molecular complexity index is 727. The summed E-state index contributed by atoms with van der Waals surface area (Å²) in [4.78, 5) is 22.8. The first-order chi connectivity index (χ1) is 8.90. The SMILES string of the molecule is O=C(O)c1cc(Br)cn(-c2ccc(F)c(F)c2)c1=O. The zero-order valence-electron chi connectivity index (χ0n) is 9.23. The summed E-state index contributed by atoms with van der Waals surface area (Å²) < 4.78 is 27.2. The van der Waals surface area contributed by atoms with Crippen LogP contribution in [0.5, 0.6) is 0 Å². The van der Waals surface area contributed by atoms with Gasteiger partial charge in [0.15, 0.2) is 11.6 Å². The lowest BCUT2D eigenvalue weighted by molar-refractivity contribution is 0.0694. The summed E-state index contributed by atoms with van der Waals surface area (Å²) >= 11 is 3.05. The lowest BCUT2D eigenvalue weighted by atomic mass is 10.2. The molecule has 0 fully saturated rings. The quantitative estimate of drug-likeness (QED) is 0.921. The molecule has 0 atom stereocenters. The van der Waals surface area contributed by atoms with Crippen LogP contribution < -0.4 is 5.56 Å². The first-order valence-corrected chi connectivity index (χ1v) is 5.80. The number of benzene rings is 1. The molecule has 0 radical (unpaired) electrons. The van der Waals surface area contributed by atoms with E-state index in [1.165, 1.54) is 12.3 Å². The smallest absolute Gasteiger partial charge is 0.341 e. The Hall–Kier alpha value is -2.02. The van der Waals surface area contributed by atoms with Crippen molar-refractivity contribution in [2.75, 3.05) is 0 Å². The molecule has 0 spiro atoms. The lowest BCUT2D eigenvalue weighted by Crippen LogP contribution is -2.24. The molecule has 0 amide bonds. The number of carbonyl (C=O) groups is 1. The van der Waals surface area contributed by atoms with E-state index in [0.717, 1.165) is 22.8 Å². The van der Waals surface area contributed by atoms with Crippen LogP contribution in [0.15, 0.2) is 39.7 Å². The summed E-state index contributed by atoms with van der Waals surface area (Å²) in [5.74, 6) is -3.57. The van der Waals surface area contributed by atoms with E-state index >= 15 is 0 Å². The summed E-state index contributed by atoms with van der Waals surface area (Å²) in [6.45, 7) is 0. The molecule has 0 bridgehead atoms. The monoisotopic (exact) mass is 329 g/mol. The van der Waals surface area contributed by atoms with Gasteiger partial charge in [-0.15, -0.1) is 0 Å². The van der Waals surface area contributed by atoms with Crippen molar-refractivity contribution in [1.82, 2.24) is 4.57 Å². The molecule has 0 aliphatic carbocycles. The molecule has 0 saturated heterocycles. The maximum Gasteiger partial charge on any atom is 0.341 e. The van der Waals surface area contributed by atoms with E-state index < -0.39 is 28.7 Å². The van der Waals surface area contributed by atoms with E-state index in [4.69, 9.17) is 5.11 Å². The van der Waals surface area contributed by atoms with Crippen molar-refractivity contribution in [3.8, 4) is 5.69 Å². The van der Waals surface area contributed by atoms with Crippen LogP contribution in [0.2, 0.25) is 0 Å². The number of nitrogens with zero attached hydrogens (tertiary/aromatic N) is 1. The molecule has 2 aromatic rings. The minimum absolute atomic E-state index is 0.0349. The minimum atomic E-state index is -1.40. The summed E-state index contributed by atoms with van der Waals surface area (Å²) in [6, 6.07) is 3.99. The van der Waals surface area contributed by atoms with Gasteiger partial charge in [-0.2, -0.15) is 0 Å². The number of hydrogen-bond donors (Lipinski definition) is 1. The highest BCUT2D eigenvalue weighted by molar-refractivity contribution is 9.10. The molecular formula is C12H6BrF2NO3. The number of carboxylic acid groups (broad SMARTS) is 1. The molecule has 1 aromatic carbocycles. The molecule has 0 saturated carbocycles. The third kappa shape index (κ3) is 2.55. The summed E-state index contributed by atoms with van der Waals surface area (Å²) in [5, 5.41) is 8.89. The van der Waals surface area contributed by atoms with Crippen LogP contribution in [0.1, 0.15) is 10.4 Å². The third-order valence-corrected chi connectivity index (χ3v) is 2.83. The van der Waals surface area contributed by atoms with E-state index in [-0.39, 0.29) is 5.69 Å². The fraction of sp³-hybridized carbons (Fsp3) is 0. The largest absolute Gasteiger partial charge is 0.477 e. The van der Waals surface area contributed by atoms with Crippen molar-refractivity contribution in [1.29, 1.82) is 0 Å². The first kappa shape index (κ1) is 13.4. The third-order valence-electron chi connectivity index (χ3n) is 2.40. The summed E-state index contributed by atoms with van der Waals surface area (Å²) in [5.41, 5.74) is -1.27. The Balaban J connectivity index is 2.72. The molecule has 98 valence electrons. The summed E-state index contributed by atoms with van der Waals surface area (Å²) in [6.07, 6.45) is 1.28. The van der Waals surface area contributed by atoms with Crippen LogP contribution in [-0.4, -0.2) is 15.6 Å². The van der Waals surface area contributed by atoms with Gasteiger partial charge in [0, 0.05) is 16.7 Å². The molecular weight excluding hydrogens is 324 g/mol. The number of hydrogen-bond acceptors (Lipinski definition) is 2. The van der Waals surface area contributed by atoms with E-state index in [0.29, 0.717) is 4.47 Å². The lowest BCUT2D eigenvalue weighted by Gasteiger charge is -2.08. The van der Waals surface area contributed by atoms with Gasteiger partial charge < -0.3 is 5.11 Å². The zero-order valence-corrected chi connectivity index (χ0v) is 10.8. The fourth-order valence-electron chi connectivity index (χ4n) is 1.53. The van der Waals surface area contributed by atoms with E-state index in [9.17, 15) is 18.4 Å². The van der Waals surface area contributed by atoms with Crippen molar-refractivity contribution < 1.29 is 18.7 Å². The average Bonchev–Trinajstić information content (AvgIpc) is 2.35. The number of halogens is 3. The van der Waals surface area contributed by atoms with Crippen molar-refractivity contribution in [3.05, 3.63) is 62.5 Å². The van der Waals surface area contributed by atoms with E-state index in [2.05, 4.69) is 15.9 Å². The average molecular weight is 330 g/mol. The Morgan fingerprint density at radius 1 is 1.21 bits per heavy atom. The van der Waals surface area contributed by atoms with Gasteiger partial charge in [-0.1, -0.05) is 0 Å². The Kier molecular flexibility index (Phi) is 3.48. The van der Waals surface area contributed by atoms with E-state index in [1.54, 1.807) is 0 Å². The highest BCUT2D eigenvalue weighted by atomic mass is 79.9. The van der Waals surface area contributed by atoms with Gasteiger partial charge in [0.05, 0.1) is 5.69 Å². The molecule has 0 unspecified atom stereocenters. The molecule has 7 heteroatoms. The van der Waals surface area contributed by atoms with Crippen molar-refractivity contribution in [3.63, 3.8) is 0 Å². The first-order valence-electron chi connectivity index (χ1n) is 5.01. The van der Waals surface area contributed by atoms with E-state index in [1.807, 2.05) is 0 Å². The van der Waals surface area contributed by atoms with Crippen LogP contribution >= 0.6 is 15.9 Å². The van der Waals surface area contributed by atoms with Gasteiger partial charge in [-0.05, 0) is 34.1 Å². The number of pyridine rings is 1. The second-order valence-corrected chi connectivity index (χ2v) is 4.57. The summed E-state index contributed by atoms with van der Waals surface area (Å²) in [7, 11) is 0. The zero-order chi connectivity index (χ0) is 14.2. The van der Waals surface area contributed by atoms with Crippen LogP contribution in [0.3, 0.4) is 0 Å². The van der Waals surface area contributed by atoms with Crippen LogP contribution in [-0.2, 0) is 0 Å². The number of rotatable bonds is 2. The Morgan fingerprint density at radius 2 is 1.89 bits per heavy atom. The number of aromatic carboxylic acids is 1. The van der Waals surface area contributed by atoms with Crippen LogP contribution in [0.4, 0.5) is 8.78 Å². The molecule has 19 heavy (non-hydrogen) atoms. The molecule has 1 heterocycles. The van der Waals surface area contributed by atoms with Gasteiger partial charge in [0.25, 0.3) is 5.56 Å². The second-order valence-electron chi connectivity index (χ2n) is 3.65. The standard InChI is InChI=1S/C12H6BrF2NO3/c13-6-3-8(12(18)19)11(17)16(5-6)7-1-2-9(14)10(15)4-7/h1-5H,(H,18,19). The van der Waals surface area contributed by atoms with Crippen LogP contribution in [0, 0.1) is 11.6 Å². The fourth-order valence-corrected chi connectivity index (χ4v) is 1.96. The van der Waals surface area contributed by atoms with Gasteiger partial charge in [0.2, 0.25) is 0 Å². The minimum Gasteiger partial charge on any atom is -0.477 e. The Labute approximate surface area is 114 Å². The van der Waals surface area contributed by atoms with Gasteiger partial charge in [-0.25, -0.2) is 13.6 Å². The maximum atomic E-state index is 13.1. The molecule has 4 nitrogen and oxygen atoms in total. The van der Waals surface area contributed by atoms with Crippen molar-refractivity contribution in [2.24, 2.45) is 0 Å². The van der Waals surface area contributed by atoms with Gasteiger partial charge in [-0.3, -0.25) is 9.36 Å². The molecule has 2 rings (SSSR count). The highest BCUT2D eigenvalue weighted by Gasteiger charge is 2.14. The number of carboxylic acids is 1. The van der Waals surface area contributed by atoms with Crippen molar-refractivity contribution >= 4 is 21.9 Å². The van der Waals surface area contributed by atoms with Gasteiger partial charge >= 0.3 is 5.97 Å². The van der Waals surface area contributed by atoms with Gasteiger partial charge in [0.1, 0.15) is 5.56 Å². The normalized spacial score (nSPS) is 10.5. The predicted octanol–water partition coefficient (Wildman–Crippen LogP) is 2.58. The molecule has 1 aromatic heterocycles. The molecule has 0 aliphatic rings. The highest BCUT2D eigenvalue weighted by Crippen LogP contribution is 2.15. The van der Waals surface area contributed by atoms with Crippen molar-refractivity contribution in [2.45, 2.75) is 0 Å². The maximum absolute atomic E-state index is 13.1. The number of aromatic nitrogens is 1. The Morgan fingerprint density at radius 3 is 2.47 bits per heavy atom. The van der Waals surface area contributed by atoms with Crippen LogP contribution in [0.25, 0.3) is 5.69 Å².